The van der Waals surface area contributed by atoms with Crippen molar-refractivity contribution in [2.45, 2.75) is 26.8 Å². The molecule has 0 amide bonds. The molecule has 0 fully saturated rings. The molecule has 0 saturated heterocycles. The summed E-state index contributed by atoms with van der Waals surface area (Å²) in [5.74, 6) is -0.239. The van der Waals surface area contributed by atoms with E-state index in [0.29, 0.717) is 18.8 Å². The highest BCUT2D eigenvalue weighted by atomic mass is 19.1. The lowest BCUT2D eigenvalue weighted by Gasteiger charge is -2.27. The summed E-state index contributed by atoms with van der Waals surface area (Å²) in [6.07, 6.45) is 0. The van der Waals surface area contributed by atoms with Crippen LogP contribution in [0, 0.1) is 5.82 Å². The van der Waals surface area contributed by atoms with Gasteiger partial charge in [-0.3, -0.25) is 0 Å². The van der Waals surface area contributed by atoms with Crippen molar-refractivity contribution in [1.29, 1.82) is 0 Å². The molecule has 1 aromatic carbocycles. The molecule has 1 atom stereocenters. The van der Waals surface area contributed by atoms with Crippen LogP contribution in [0.2, 0.25) is 0 Å². The topological polar surface area (TPSA) is 38.5 Å². The second-order valence-corrected chi connectivity index (χ2v) is 4.24. The van der Waals surface area contributed by atoms with Gasteiger partial charge in [-0.1, -0.05) is 6.07 Å². The first kappa shape index (κ1) is 14.9. The van der Waals surface area contributed by atoms with Crippen LogP contribution >= 0.6 is 0 Å². The highest BCUT2D eigenvalue weighted by molar-refractivity contribution is 5.55. The molecule has 18 heavy (non-hydrogen) atoms. The quantitative estimate of drug-likeness (QED) is 0.760. The van der Waals surface area contributed by atoms with Crippen molar-refractivity contribution in [3.05, 3.63) is 29.6 Å². The zero-order valence-electron chi connectivity index (χ0n) is 11.4. The molecule has 0 unspecified atom stereocenters. The maximum absolute atomic E-state index is 13.8. The number of nitrogens with zero attached hydrogens (tertiary/aromatic N) is 1. The van der Waals surface area contributed by atoms with Gasteiger partial charge in [0.1, 0.15) is 5.82 Å². The number of benzene rings is 1. The highest BCUT2D eigenvalue weighted by Gasteiger charge is 2.16. The van der Waals surface area contributed by atoms with Crippen LogP contribution in [0.5, 0.6) is 0 Å². The summed E-state index contributed by atoms with van der Waals surface area (Å²) in [7, 11) is 0. The Morgan fingerprint density at radius 3 is 2.67 bits per heavy atom. The van der Waals surface area contributed by atoms with E-state index >= 15 is 0 Å². The van der Waals surface area contributed by atoms with Crippen LogP contribution in [0.25, 0.3) is 0 Å². The minimum Gasteiger partial charge on any atom is -0.380 e. The maximum Gasteiger partial charge on any atom is 0.130 e. The molecular weight excluding hydrogens is 231 g/mol. The monoisotopic (exact) mass is 254 g/mol. The molecule has 0 aliphatic heterocycles. The molecule has 0 heterocycles. The SMILES string of the molecule is CCOCCN(CC)c1cccc(F)c1[C@H](C)N. The van der Waals surface area contributed by atoms with Gasteiger partial charge >= 0.3 is 0 Å². The third kappa shape index (κ3) is 3.68. The van der Waals surface area contributed by atoms with Crippen molar-refractivity contribution in [1.82, 2.24) is 0 Å². The average molecular weight is 254 g/mol. The van der Waals surface area contributed by atoms with Crippen LogP contribution in [-0.2, 0) is 4.74 Å². The number of nitrogens with two attached hydrogens (primary N) is 1. The van der Waals surface area contributed by atoms with Crippen molar-refractivity contribution < 1.29 is 9.13 Å². The molecule has 3 nitrogen and oxygen atoms in total. The highest BCUT2D eigenvalue weighted by Crippen LogP contribution is 2.27. The summed E-state index contributed by atoms with van der Waals surface area (Å²) < 4.78 is 19.2. The van der Waals surface area contributed by atoms with Crippen LogP contribution in [-0.4, -0.2) is 26.3 Å². The minimum atomic E-state index is -0.317. The fourth-order valence-electron chi connectivity index (χ4n) is 2.02. The van der Waals surface area contributed by atoms with Crippen molar-refractivity contribution in [3.8, 4) is 0 Å². The first-order chi connectivity index (χ1) is 8.61. The summed E-state index contributed by atoms with van der Waals surface area (Å²) in [4.78, 5) is 2.09. The Hall–Kier alpha value is -1.13. The van der Waals surface area contributed by atoms with Crippen molar-refractivity contribution in [2.75, 3.05) is 31.2 Å². The second-order valence-electron chi connectivity index (χ2n) is 4.24. The first-order valence-electron chi connectivity index (χ1n) is 6.48. The van der Waals surface area contributed by atoms with Gasteiger partial charge in [-0.25, -0.2) is 4.39 Å². The van der Waals surface area contributed by atoms with Gasteiger partial charge in [0, 0.05) is 37.0 Å². The number of anilines is 1. The van der Waals surface area contributed by atoms with Gasteiger partial charge in [-0.05, 0) is 32.9 Å². The molecule has 0 aliphatic rings. The van der Waals surface area contributed by atoms with Crippen LogP contribution in [0.1, 0.15) is 32.4 Å². The number of likely N-dealkylation sites (N-methyl/N-ethyl adjacent to an activating group) is 1. The zero-order chi connectivity index (χ0) is 13.5. The van der Waals surface area contributed by atoms with E-state index in [1.165, 1.54) is 6.07 Å². The van der Waals surface area contributed by atoms with Gasteiger partial charge < -0.3 is 15.4 Å². The Morgan fingerprint density at radius 2 is 2.11 bits per heavy atom. The Labute approximate surface area is 109 Å². The molecule has 0 bridgehead atoms. The number of hydrogen-bond donors (Lipinski definition) is 1. The predicted molar refractivity (Wildman–Crippen MR) is 73.4 cm³/mol. The van der Waals surface area contributed by atoms with Gasteiger partial charge in [0.15, 0.2) is 0 Å². The molecule has 102 valence electrons. The Kier molecular flexibility index (Phi) is 6.09. The molecule has 0 spiro atoms. The van der Waals surface area contributed by atoms with Crippen molar-refractivity contribution in [2.24, 2.45) is 5.73 Å². The largest absolute Gasteiger partial charge is 0.380 e. The summed E-state index contributed by atoms with van der Waals surface area (Å²) >= 11 is 0. The van der Waals surface area contributed by atoms with E-state index in [1.54, 1.807) is 13.0 Å². The Balaban J connectivity index is 2.94. The lowest BCUT2D eigenvalue weighted by molar-refractivity contribution is 0.154. The fourth-order valence-corrected chi connectivity index (χ4v) is 2.02. The van der Waals surface area contributed by atoms with Crippen LogP contribution in [0.15, 0.2) is 18.2 Å². The van der Waals surface area contributed by atoms with Gasteiger partial charge in [-0.15, -0.1) is 0 Å². The van der Waals surface area contributed by atoms with E-state index in [-0.39, 0.29) is 11.9 Å². The van der Waals surface area contributed by atoms with E-state index in [1.807, 2.05) is 19.9 Å². The van der Waals surface area contributed by atoms with Crippen LogP contribution < -0.4 is 10.6 Å². The van der Waals surface area contributed by atoms with E-state index in [2.05, 4.69) is 4.90 Å². The van der Waals surface area contributed by atoms with Crippen LogP contribution in [0.3, 0.4) is 0 Å². The van der Waals surface area contributed by atoms with Gasteiger partial charge in [0.25, 0.3) is 0 Å². The third-order valence-electron chi connectivity index (χ3n) is 2.92. The lowest BCUT2D eigenvalue weighted by atomic mass is 10.0. The van der Waals surface area contributed by atoms with Gasteiger partial charge in [-0.2, -0.15) is 0 Å². The van der Waals surface area contributed by atoms with Crippen LogP contribution in [0.4, 0.5) is 10.1 Å². The number of ether oxygens (including phenoxy) is 1. The summed E-state index contributed by atoms with van der Waals surface area (Å²) in [5.41, 5.74) is 7.31. The molecule has 0 aliphatic carbocycles. The van der Waals surface area contributed by atoms with E-state index in [4.69, 9.17) is 10.5 Å². The number of rotatable bonds is 7. The second kappa shape index (κ2) is 7.34. The average Bonchev–Trinajstić information content (AvgIpc) is 2.34. The molecule has 0 aromatic heterocycles. The first-order valence-corrected chi connectivity index (χ1v) is 6.48. The smallest absolute Gasteiger partial charge is 0.130 e. The zero-order valence-corrected chi connectivity index (χ0v) is 11.4. The normalized spacial score (nSPS) is 12.5. The summed E-state index contributed by atoms with van der Waals surface area (Å²) in [5, 5.41) is 0. The van der Waals surface area contributed by atoms with E-state index in [9.17, 15) is 4.39 Å². The molecular formula is C14H23FN2O. The fraction of sp³-hybridized carbons (Fsp3) is 0.571. The number of hydrogen-bond acceptors (Lipinski definition) is 3. The van der Waals surface area contributed by atoms with Crippen molar-refractivity contribution >= 4 is 5.69 Å². The molecule has 1 aromatic rings. The Bertz CT molecular complexity index is 369. The predicted octanol–water partition coefficient (Wildman–Crippen LogP) is 2.71. The number of halogens is 1. The lowest BCUT2D eigenvalue weighted by Crippen LogP contribution is -2.29. The molecule has 2 N–H and O–H groups in total. The van der Waals surface area contributed by atoms with Gasteiger partial charge in [0.2, 0.25) is 0 Å². The van der Waals surface area contributed by atoms with E-state index in [0.717, 1.165) is 18.8 Å². The molecule has 1 rings (SSSR count). The Morgan fingerprint density at radius 1 is 1.39 bits per heavy atom. The summed E-state index contributed by atoms with van der Waals surface area (Å²) in [6, 6.07) is 4.78. The minimum absolute atomic E-state index is 0.239. The standard InChI is InChI=1S/C14H23FN2O/c1-4-17(9-10-18-5-2)13-8-6-7-12(15)14(13)11(3)16/h6-8,11H,4-5,9-10,16H2,1-3H3/t11-/m0/s1. The third-order valence-corrected chi connectivity index (χ3v) is 2.92. The van der Waals surface area contributed by atoms with Gasteiger partial charge in [0.05, 0.1) is 6.61 Å². The van der Waals surface area contributed by atoms with Crippen molar-refractivity contribution in [3.63, 3.8) is 0 Å². The maximum atomic E-state index is 13.8. The molecule has 0 radical (unpaired) electrons. The molecule has 0 saturated carbocycles. The molecule has 4 heteroatoms. The van der Waals surface area contributed by atoms with E-state index < -0.39 is 0 Å². The summed E-state index contributed by atoms with van der Waals surface area (Å²) in [6.45, 7) is 8.69.